The molecule has 2 rings (SSSR count). The van der Waals surface area contributed by atoms with Gasteiger partial charge < -0.3 is 10.8 Å². The zero-order chi connectivity index (χ0) is 11.6. The van der Waals surface area contributed by atoms with Crippen molar-refractivity contribution < 1.29 is 5.11 Å². The lowest BCUT2D eigenvalue weighted by Crippen LogP contribution is -2.40. The van der Waals surface area contributed by atoms with E-state index in [0.717, 1.165) is 30.2 Å². The van der Waals surface area contributed by atoms with E-state index in [1.165, 1.54) is 5.56 Å². The smallest absolute Gasteiger partial charge is 0.0541 e. The van der Waals surface area contributed by atoms with Crippen molar-refractivity contribution in [2.45, 2.75) is 37.2 Å². The summed E-state index contributed by atoms with van der Waals surface area (Å²) in [4.78, 5) is 4.08. The van der Waals surface area contributed by atoms with Gasteiger partial charge in [-0.15, -0.1) is 0 Å². The molecule has 0 aliphatic heterocycles. The molecule has 3 N–H and O–H groups in total. The van der Waals surface area contributed by atoms with Crippen LogP contribution >= 0.6 is 15.9 Å². The van der Waals surface area contributed by atoms with Gasteiger partial charge in [-0.05, 0) is 53.2 Å². The Labute approximate surface area is 104 Å². The molecule has 1 aromatic heterocycles. The molecule has 0 radical (unpaired) electrons. The molecule has 88 valence electrons. The fraction of sp³-hybridized carbons (Fsp3) is 0.583. The Kier molecular flexibility index (Phi) is 3.62. The van der Waals surface area contributed by atoms with Crippen molar-refractivity contribution in [1.82, 2.24) is 4.98 Å². The Bertz CT molecular complexity index is 362. The highest BCUT2D eigenvalue weighted by Crippen LogP contribution is 2.41. The van der Waals surface area contributed by atoms with Crippen LogP contribution in [0.4, 0.5) is 0 Å². The average Bonchev–Trinajstić information content (AvgIpc) is 2.32. The van der Waals surface area contributed by atoms with E-state index in [9.17, 15) is 5.11 Å². The largest absolute Gasteiger partial charge is 0.393 e. The molecular formula is C12H17BrN2O. The number of nitrogens with zero attached hydrogens (tertiary/aromatic N) is 1. The minimum atomic E-state index is -0.153. The van der Waals surface area contributed by atoms with E-state index >= 15 is 0 Å². The zero-order valence-electron chi connectivity index (χ0n) is 9.19. The summed E-state index contributed by atoms with van der Waals surface area (Å²) < 4.78 is 1.02. The van der Waals surface area contributed by atoms with Crippen molar-refractivity contribution in [2.24, 2.45) is 5.73 Å². The third-order valence-corrected chi connectivity index (χ3v) is 4.28. The molecule has 0 amide bonds. The minimum Gasteiger partial charge on any atom is -0.393 e. The minimum absolute atomic E-state index is 0.0149. The summed E-state index contributed by atoms with van der Waals surface area (Å²) in [5.74, 6) is 0. The Morgan fingerprint density at radius 2 is 2.19 bits per heavy atom. The van der Waals surface area contributed by atoms with Gasteiger partial charge in [-0.2, -0.15) is 0 Å². The highest BCUT2D eigenvalue weighted by atomic mass is 79.9. The SMILES string of the molecule is NCC1(c2ccncc2Br)CCC(O)CC1. The summed E-state index contributed by atoms with van der Waals surface area (Å²) in [5.41, 5.74) is 7.21. The van der Waals surface area contributed by atoms with Crippen LogP contribution in [-0.4, -0.2) is 22.7 Å². The number of aliphatic hydroxyl groups excluding tert-OH is 1. The molecule has 1 fully saturated rings. The van der Waals surface area contributed by atoms with Crippen LogP contribution in [0.5, 0.6) is 0 Å². The molecule has 1 saturated carbocycles. The molecule has 1 aromatic rings. The summed E-state index contributed by atoms with van der Waals surface area (Å²) in [7, 11) is 0. The average molecular weight is 285 g/mol. The van der Waals surface area contributed by atoms with Gasteiger partial charge in [0.1, 0.15) is 0 Å². The third kappa shape index (κ3) is 2.14. The van der Waals surface area contributed by atoms with Crippen LogP contribution in [0, 0.1) is 0 Å². The van der Waals surface area contributed by atoms with Crippen LogP contribution in [0.1, 0.15) is 31.2 Å². The summed E-state index contributed by atoms with van der Waals surface area (Å²) in [6.45, 7) is 0.627. The second kappa shape index (κ2) is 4.82. The van der Waals surface area contributed by atoms with E-state index in [1.807, 2.05) is 18.5 Å². The molecule has 4 heteroatoms. The number of nitrogens with two attached hydrogens (primary N) is 1. The summed E-state index contributed by atoms with van der Waals surface area (Å²) in [6.07, 6.45) is 7.05. The van der Waals surface area contributed by atoms with E-state index in [-0.39, 0.29) is 11.5 Å². The lowest BCUT2D eigenvalue weighted by Gasteiger charge is -2.39. The molecule has 0 bridgehead atoms. The number of hydrogen-bond acceptors (Lipinski definition) is 3. The van der Waals surface area contributed by atoms with E-state index in [4.69, 9.17) is 5.73 Å². The normalized spacial score (nSPS) is 30.3. The molecule has 0 unspecified atom stereocenters. The van der Waals surface area contributed by atoms with Crippen LogP contribution in [-0.2, 0) is 5.41 Å². The molecule has 0 atom stereocenters. The lowest BCUT2D eigenvalue weighted by molar-refractivity contribution is 0.0972. The number of pyridine rings is 1. The first-order valence-electron chi connectivity index (χ1n) is 5.66. The molecule has 3 nitrogen and oxygen atoms in total. The molecule has 0 saturated heterocycles. The van der Waals surface area contributed by atoms with Gasteiger partial charge in [0, 0.05) is 28.8 Å². The maximum Gasteiger partial charge on any atom is 0.0541 e. The van der Waals surface area contributed by atoms with Crippen LogP contribution in [0.3, 0.4) is 0 Å². The molecule has 0 aromatic carbocycles. The van der Waals surface area contributed by atoms with E-state index in [1.54, 1.807) is 0 Å². The topological polar surface area (TPSA) is 59.1 Å². The summed E-state index contributed by atoms with van der Waals surface area (Å²) >= 11 is 3.54. The first-order chi connectivity index (χ1) is 7.68. The van der Waals surface area contributed by atoms with Crippen molar-refractivity contribution in [3.63, 3.8) is 0 Å². The van der Waals surface area contributed by atoms with Crippen LogP contribution < -0.4 is 5.73 Å². The first-order valence-corrected chi connectivity index (χ1v) is 6.45. The van der Waals surface area contributed by atoms with Gasteiger partial charge in [-0.3, -0.25) is 4.98 Å². The maximum atomic E-state index is 9.59. The van der Waals surface area contributed by atoms with Gasteiger partial charge in [-0.25, -0.2) is 0 Å². The quantitative estimate of drug-likeness (QED) is 0.873. The standard InChI is InChI=1S/C12H17BrN2O/c13-11-7-15-6-3-10(11)12(8-14)4-1-9(16)2-5-12/h3,6-7,9,16H,1-2,4-5,8,14H2. The summed E-state index contributed by atoms with van der Waals surface area (Å²) in [6, 6.07) is 2.04. The highest BCUT2D eigenvalue weighted by Gasteiger charge is 2.36. The van der Waals surface area contributed by atoms with Gasteiger partial charge in [0.25, 0.3) is 0 Å². The van der Waals surface area contributed by atoms with Gasteiger partial charge in [0.15, 0.2) is 0 Å². The molecule has 16 heavy (non-hydrogen) atoms. The first kappa shape index (κ1) is 12.0. The Hall–Kier alpha value is -0.450. The van der Waals surface area contributed by atoms with Gasteiger partial charge in [0.05, 0.1) is 6.10 Å². The second-order valence-corrected chi connectivity index (χ2v) is 5.43. The number of hydrogen-bond donors (Lipinski definition) is 2. The maximum absolute atomic E-state index is 9.59. The molecule has 1 aliphatic carbocycles. The van der Waals surface area contributed by atoms with Crippen molar-refractivity contribution in [2.75, 3.05) is 6.54 Å². The summed E-state index contributed by atoms with van der Waals surface area (Å²) in [5, 5.41) is 9.59. The molecule has 1 aliphatic rings. The van der Waals surface area contributed by atoms with Crippen LogP contribution in [0.2, 0.25) is 0 Å². The zero-order valence-corrected chi connectivity index (χ0v) is 10.8. The van der Waals surface area contributed by atoms with Gasteiger partial charge in [-0.1, -0.05) is 0 Å². The number of aliphatic hydroxyl groups is 1. The Morgan fingerprint density at radius 1 is 1.50 bits per heavy atom. The number of aromatic nitrogens is 1. The van der Waals surface area contributed by atoms with Crippen molar-refractivity contribution in [3.8, 4) is 0 Å². The van der Waals surface area contributed by atoms with Gasteiger partial charge >= 0.3 is 0 Å². The lowest BCUT2D eigenvalue weighted by atomic mass is 9.69. The second-order valence-electron chi connectivity index (χ2n) is 4.57. The number of rotatable bonds is 2. The number of halogens is 1. The Balaban J connectivity index is 2.32. The predicted octanol–water partition coefficient (Wildman–Crippen LogP) is 1.98. The Morgan fingerprint density at radius 3 is 2.75 bits per heavy atom. The fourth-order valence-corrected chi connectivity index (χ4v) is 3.21. The third-order valence-electron chi connectivity index (χ3n) is 3.65. The molecular weight excluding hydrogens is 268 g/mol. The van der Waals surface area contributed by atoms with Crippen molar-refractivity contribution >= 4 is 15.9 Å². The molecule has 0 spiro atoms. The van der Waals surface area contributed by atoms with Crippen molar-refractivity contribution in [1.29, 1.82) is 0 Å². The van der Waals surface area contributed by atoms with Crippen LogP contribution in [0.15, 0.2) is 22.9 Å². The van der Waals surface area contributed by atoms with Gasteiger partial charge in [0.2, 0.25) is 0 Å². The van der Waals surface area contributed by atoms with E-state index in [2.05, 4.69) is 20.9 Å². The monoisotopic (exact) mass is 284 g/mol. The van der Waals surface area contributed by atoms with E-state index < -0.39 is 0 Å². The van der Waals surface area contributed by atoms with E-state index in [0.29, 0.717) is 6.54 Å². The predicted molar refractivity (Wildman–Crippen MR) is 67.1 cm³/mol. The highest BCUT2D eigenvalue weighted by molar-refractivity contribution is 9.10. The molecule has 1 heterocycles. The van der Waals surface area contributed by atoms with Crippen molar-refractivity contribution in [3.05, 3.63) is 28.5 Å². The van der Waals surface area contributed by atoms with Crippen LogP contribution in [0.25, 0.3) is 0 Å². The fourth-order valence-electron chi connectivity index (χ4n) is 2.54.